The van der Waals surface area contributed by atoms with E-state index >= 15 is 0 Å². The minimum Gasteiger partial charge on any atom is -0.508 e. The van der Waals surface area contributed by atoms with Gasteiger partial charge in [0.15, 0.2) is 0 Å². The van der Waals surface area contributed by atoms with E-state index in [1.807, 2.05) is 0 Å². The van der Waals surface area contributed by atoms with Crippen LogP contribution in [0.5, 0.6) is 11.5 Å². The average Bonchev–Trinajstić information content (AvgIpc) is 2.39. The molecule has 1 aliphatic carbocycles. The molecule has 0 radical (unpaired) electrons. The summed E-state index contributed by atoms with van der Waals surface area (Å²) in [5.41, 5.74) is 0.857. The zero-order valence-electron chi connectivity index (χ0n) is 11.9. The molecule has 1 aromatic rings. The Labute approximate surface area is 115 Å². The predicted octanol–water partition coefficient (Wildman–Crippen LogP) is 3.72. The molecule has 0 heterocycles. The van der Waals surface area contributed by atoms with Crippen LogP contribution in [-0.2, 0) is 0 Å². The monoisotopic (exact) mass is 263 g/mol. The molecule has 1 saturated carbocycles. The first-order valence-corrected chi connectivity index (χ1v) is 7.38. The maximum absolute atomic E-state index is 9.87. The number of phenols is 2. The molecule has 1 fully saturated rings. The van der Waals surface area contributed by atoms with Gasteiger partial charge in [0.2, 0.25) is 0 Å². The second-order valence-corrected chi connectivity index (χ2v) is 5.76. The van der Waals surface area contributed by atoms with Gasteiger partial charge in [-0.2, -0.15) is 0 Å². The van der Waals surface area contributed by atoms with E-state index in [1.165, 1.54) is 38.2 Å². The van der Waals surface area contributed by atoms with Crippen LogP contribution >= 0.6 is 0 Å². The van der Waals surface area contributed by atoms with Gasteiger partial charge in [-0.3, -0.25) is 0 Å². The molecule has 19 heavy (non-hydrogen) atoms. The lowest BCUT2D eigenvalue weighted by atomic mass is 9.84. The van der Waals surface area contributed by atoms with Crippen molar-refractivity contribution < 1.29 is 10.2 Å². The number of benzene rings is 1. The van der Waals surface area contributed by atoms with Crippen molar-refractivity contribution in [3.8, 4) is 11.5 Å². The Hall–Kier alpha value is -1.22. The van der Waals surface area contributed by atoms with Gasteiger partial charge in [0.25, 0.3) is 0 Å². The van der Waals surface area contributed by atoms with Gasteiger partial charge in [0.05, 0.1) is 0 Å². The molecule has 0 amide bonds. The average molecular weight is 263 g/mol. The molecule has 2 rings (SSSR count). The molecule has 0 aliphatic heterocycles. The van der Waals surface area contributed by atoms with E-state index in [0.717, 1.165) is 11.5 Å². The molecule has 1 aliphatic rings. The van der Waals surface area contributed by atoms with Gasteiger partial charge in [0.1, 0.15) is 11.5 Å². The van der Waals surface area contributed by atoms with Crippen molar-refractivity contribution in [1.29, 1.82) is 0 Å². The van der Waals surface area contributed by atoms with Gasteiger partial charge in [0, 0.05) is 23.7 Å². The maximum Gasteiger partial charge on any atom is 0.124 e. The van der Waals surface area contributed by atoms with E-state index in [1.54, 1.807) is 12.1 Å². The fourth-order valence-corrected chi connectivity index (χ4v) is 3.08. The zero-order valence-corrected chi connectivity index (χ0v) is 11.9. The Kier molecular flexibility index (Phi) is 4.70. The van der Waals surface area contributed by atoms with Crippen LogP contribution in [0.25, 0.3) is 0 Å². The standard InChI is InChI=1S/C16H25NO2/c1-3-12-4-6-13(7-5-12)17-11(2)15-9-8-14(18)10-16(15)19/h8-13,17-19H,3-7H2,1-2H3. The molecule has 0 saturated heterocycles. The van der Waals surface area contributed by atoms with Crippen molar-refractivity contribution in [3.05, 3.63) is 23.8 Å². The van der Waals surface area contributed by atoms with Crippen molar-refractivity contribution in [2.24, 2.45) is 5.92 Å². The number of rotatable bonds is 4. The van der Waals surface area contributed by atoms with E-state index < -0.39 is 0 Å². The van der Waals surface area contributed by atoms with Crippen LogP contribution in [0, 0.1) is 5.92 Å². The Morgan fingerprint density at radius 2 is 1.89 bits per heavy atom. The van der Waals surface area contributed by atoms with E-state index in [9.17, 15) is 10.2 Å². The van der Waals surface area contributed by atoms with Crippen LogP contribution in [0.1, 0.15) is 57.6 Å². The summed E-state index contributed by atoms with van der Waals surface area (Å²) in [5, 5.41) is 22.8. The summed E-state index contributed by atoms with van der Waals surface area (Å²) in [6.07, 6.45) is 6.36. The first-order valence-electron chi connectivity index (χ1n) is 7.38. The molecule has 3 N–H and O–H groups in total. The van der Waals surface area contributed by atoms with Crippen molar-refractivity contribution in [1.82, 2.24) is 5.32 Å². The highest BCUT2D eigenvalue weighted by Crippen LogP contribution is 2.31. The summed E-state index contributed by atoms with van der Waals surface area (Å²) in [6.45, 7) is 4.34. The second-order valence-electron chi connectivity index (χ2n) is 5.76. The van der Waals surface area contributed by atoms with Crippen molar-refractivity contribution in [2.75, 3.05) is 0 Å². The largest absolute Gasteiger partial charge is 0.508 e. The van der Waals surface area contributed by atoms with Crippen LogP contribution in [0.4, 0.5) is 0 Å². The number of hydrogen-bond acceptors (Lipinski definition) is 3. The van der Waals surface area contributed by atoms with Crippen LogP contribution in [0.3, 0.4) is 0 Å². The van der Waals surface area contributed by atoms with Gasteiger partial charge in [-0.25, -0.2) is 0 Å². The quantitative estimate of drug-likeness (QED) is 0.776. The highest BCUT2D eigenvalue weighted by atomic mass is 16.3. The molecule has 1 atom stereocenters. The fourth-order valence-electron chi connectivity index (χ4n) is 3.08. The number of hydrogen-bond donors (Lipinski definition) is 3. The van der Waals surface area contributed by atoms with Gasteiger partial charge in [-0.15, -0.1) is 0 Å². The molecule has 1 aromatic carbocycles. The van der Waals surface area contributed by atoms with Gasteiger partial charge < -0.3 is 15.5 Å². The molecular formula is C16H25NO2. The molecule has 106 valence electrons. The normalized spacial score (nSPS) is 25.2. The van der Waals surface area contributed by atoms with E-state index in [0.29, 0.717) is 6.04 Å². The first kappa shape index (κ1) is 14.2. The van der Waals surface area contributed by atoms with E-state index in [4.69, 9.17) is 0 Å². The molecular weight excluding hydrogens is 238 g/mol. The maximum atomic E-state index is 9.87. The number of aromatic hydroxyl groups is 2. The van der Waals surface area contributed by atoms with Crippen molar-refractivity contribution >= 4 is 0 Å². The molecule has 3 nitrogen and oxygen atoms in total. The lowest BCUT2D eigenvalue weighted by Gasteiger charge is -2.31. The van der Waals surface area contributed by atoms with E-state index in [2.05, 4.69) is 19.2 Å². The molecule has 3 heteroatoms. The minimum absolute atomic E-state index is 0.108. The van der Waals surface area contributed by atoms with Crippen LogP contribution in [-0.4, -0.2) is 16.3 Å². The highest BCUT2D eigenvalue weighted by molar-refractivity contribution is 5.40. The highest BCUT2D eigenvalue weighted by Gasteiger charge is 2.22. The van der Waals surface area contributed by atoms with Gasteiger partial charge >= 0.3 is 0 Å². The smallest absolute Gasteiger partial charge is 0.124 e. The second kappa shape index (κ2) is 6.29. The number of nitrogens with one attached hydrogen (secondary N) is 1. The lowest BCUT2D eigenvalue weighted by molar-refractivity contribution is 0.272. The third kappa shape index (κ3) is 3.63. The topological polar surface area (TPSA) is 52.5 Å². The molecule has 0 spiro atoms. The van der Waals surface area contributed by atoms with Crippen molar-refractivity contribution in [3.63, 3.8) is 0 Å². The van der Waals surface area contributed by atoms with E-state index in [-0.39, 0.29) is 17.5 Å². The SMILES string of the molecule is CCC1CCC(NC(C)c2ccc(O)cc2O)CC1. The Morgan fingerprint density at radius 1 is 1.21 bits per heavy atom. The molecule has 1 unspecified atom stereocenters. The minimum atomic E-state index is 0.108. The lowest BCUT2D eigenvalue weighted by Crippen LogP contribution is -2.34. The van der Waals surface area contributed by atoms with Gasteiger partial charge in [-0.1, -0.05) is 19.4 Å². The summed E-state index contributed by atoms with van der Waals surface area (Å²) in [5.74, 6) is 1.18. The zero-order chi connectivity index (χ0) is 13.8. The summed E-state index contributed by atoms with van der Waals surface area (Å²) >= 11 is 0. The molecule has 0 aromatic heterocycles. The predicted molar refractivity (Wildman–Crippen MR) is 77.4 cm³/mol. The summed E-state index contributed by atoms with van der Waals surface area (Å²) in [4.78, 5) is 0. The van der Waals surface area contributed by atoms with Crippen LogP contribution in [0.2, 0.25) is 0 Å². The van der Waals surface area contributed by atoms with Gasteiger partial charge in [-0.05, 0) is 44.6 Å². The summed E-state index contributed by atoms with van der Waals surface area (Å²) in [6, 6.07) is 5.48. The van der Waals surface area contributed by atoms with Crippen LogP contribution in [0.15, 0.2) is 18.2 Å². The van der Waals surface area contributed by atoms with Crippen LogP contribution < -0.4 is 5.32 Å². The summed E-state index contributed by atoms with van der Waals surface area (Å²) < 4.78 is 0. The van der Waals surface area contributed by atoms with Crippen molar-refractivity contribution in [2.45, 2.75) is 58.0 Å². The Balaban J connectivity index is 1.92. The number of phenolic OH excluding ortho intramolecular Hbond substituents is 2. The Bertz CT molecular complexity index is 411. The third-order valence-corrected chi connectivity index (χ3v) is 4.39. The first-order chi connectivity index (χ1) is 9.10. The fraction of sp³-hybridized carbons (Fsp3) is 0.625. The summed E-state index contributed by atoms with van der Waals surface area (Å²) in [7, 11) is 0. The Morgan fingerprint density at radius 3 is 2.47 bits per heavy atom. The molecule has 0 bridgehead atoms. The third-order valence-electron chi connectivity index (χ3n) is 4.39.